The maximum Gasteiger partial charge on any atom is 0.123 e. The van der Waals surface area contributed by atoms with Crippen molar-refractivity contribution >= 4 is 11.9 Å². The molecule has 0 saturated heterocycles. The Morgan fingerprint density at radius 1 is 1.19 bits per heavy atom. The molecule has 3 heteroatoms. The molecule has 0 radical (unpaired) electrons. The summed E-state index contributed by atoms with van der Waals surface area (Å²) in [4.78, 5) is 4.24. The third-order valence-corrected chi connectivity index (χ3v) is 2.26. The second-order valence-corrected chi connectivity index (χ2v) is 3.60. The Bertz CT molecular complexity index is 511. The van der Waals surface area contributed by atoms with Crippen LogP contribution in [0, 0.1) is 19.7 Å². The molecule has 0 amide bonds. The van der Waals surface area contributed by atoms with Crippen molar-refractivity contribution in [1.29, 1.82) is 0 Å². The third kappa shape index (κ3) is 2.37. The predicted octanol–water partition coefficient (Wildman–Crippen LogP) is 3.79. The van der Waals surface area contributed by atoms with E-state index in [2.05, 4.69) is 4.99 Å². The summed E-state index contributed by atoms with van der Waals surface area (Å²) in [5.74, 6) is 1.44. The molecular weight excluding hydrogens is 205 g/mol. The number of hydrogen-bond acceptors (Lipinski definition) is 2. The van der Waals surface area contributed by atoms with E-state index >= 15 is 0 Å². The molecule has 0 aliphatic carbocycles. The van der Waals surface area contributed by atoms with Crippen LogP contribution in [0.25, 0.3) is 0 Å². The molecule has 0 N–H and O–H groups in total. The molecule has 0 aliphatic rings. The lowest BCUT2D eigenvalue weighted by Crippen LogP contribution is -1.79. The summed E-state index contributed by atoms with van der Waals surface area (Å²) in [7, 11) is 0. The van der Waals surface area contributed by atoms with Gasteiger partial charge in [-0.15, -0.1) is 0 Å². The van der Waals surface area contributed by atoms with Crippen molar-refractivity contribution in [2.24, 2.45) is 4.99 Å². The Morgan fingerprint density at radius 2 is 1.88 bits per heavy atom. The minimum atomic E-state index is -0.255. The summed E-state index contributed by atoms with van der Waals surface area (Å²) < 4.78 is 18.0. The predicted molar refractivity (Wildman–Crippen MR) is 61.8 cm³/mol. The van der Waals surface area contributed by atoms with Crippen LogP contribution < -0.4 is 0 Å². The SMILES string of the molecule is Cc1cc(C=Nc2ccc(F)cc2)c(C)o1. The highest BCUT2D eigenvalue weighted by atomic mass is 19.1. The second kappa shape index (κ2) is 4.31. The summed E-state index contributed by atoms with van der Waals surface area (Å²) in [6.45, 7) is 3.78. The van der Waals surface area contributed by atoms with Gasteiger partial charge in [-0.2, -0.15) is 0 Å². The maximum absolute atomic E-state index is 12.7. The fraction of sp³-hybridized carbons (Fsp3) is 0.154. The Hall–Kier alpha value is -1.90. The minimum Gasteiger partial charge on any atom is -0.466 e. The van der Waals surface area contributed by atoms with Gasteiger partial charge < -0.3 is 4.42 Å². The molecule has 0 unspecified atom stereocenters. The lowest BCUT2D eigenvalue weighted by molar-refractivity contribution is 0.504. The van der Waals surface area contributed by atoms with E-state index < -0.39 is 0 Å². The lowest BCUT2D eigenvalue weighted by atomic mass is 10.2. The van der Waals surface area contributed by atoms with Gasteiger partial charge in [-0.1, -0.05) is 0 Å². The molecule has 82 valence electrons. The number of rotatable bonds is 2. The van der Waals surface area contributed by atoms with Gasteiger partial charge >= 0.3 is 0 Å². The van der Waals surface area contributed by atoms with Crippen LogP contribution in [-0.4, -0.2) is 6.21 Å². The zero-order valence-corrected chi connectivity index (χ0v) is 9.20. The molecule has 0 fully saturated rings. The van der Waals surface area contributed by atoms with Gasteiger partial charge in [-0.25, -0.2) is 4.39 Å². The number of aliphatic imine (C=N–C) groups is 1. The van der Waals surface area contributed by atoms with Crippen molar-refractivity contribution in [2.45, 2.75) is 13.8 Å². The molecule has 1 aromatic heterocycles. The molecule has 1 heterocycles. The number of halogens is 1. The maximum atomic E-state index is 12.7. The van der Waals surface area contributed by atoms with Gasteiger partial charge in [0.15, 0.2) is 0 Å². The second-order valence-electron chi connectivity index (χ2n) is 3.60. The topological polar surface area (TPSA) is 25.5 Å². The van der Waals surface area contributed by atoms with Gasteiger partial charge in [0.1, 0.15) is 17.3 Å². The van der Waals surface area contributed by atoms with E-state index in [1.54, 1.807) is 18.3 Å². The summed E-state index contributed by atoms with van der Waals surface area (Å²) in [5.41, 5.74) is 1.67. The fourth-order valence-electron chi connectivity index (χ4n) is 1.45. The fourth-order valence-corrected chi connectivity index (χ4v) is 1.45. The van der Waals surface area contributed by atoms with E-state index in [9.17, 15) is 4.39 Å². The number of furan rings is 1. The van der Waals surface area contributed by atoms with Crippen LogP contribution in [-0.2, 0) is 0 Å². The average molecular weight is 217 g/mol. The lowest BCUT2D eigenvalue weighted by Gasteiger charge is -1.92. The first-order chi connectivity index (χ1) is 7.65. The van der Waals surface area contributed by atoms with Crippen LogP contribution in [0.3, 0.4) is 0 Å². The highest BCUT2D eigenvalue weighted by Gasteiger charge is 2.00. The Labute approximate surface area is 93.4 Å². The highest BCUT2D eigenvalue weighted by Crippen LogP contribution is 2.15. The summed E-state index contributed by atoms with van der Waals surface area (Å²) in [5, 5.41) is 0. The molecule has 1 aromatic carbocycles. The molecule has 0 spiro atoms. The van der Waals surface area contributed by atoms with Crippen LogP contribution >= 0.6 is 0 Å². The van der Waals surface area contributed by atoms with E-state index in [4.69, 9.17) is 4.42 Å². The van der Waals surface area contributed by atoms with E-state index in [1.165, 1.54) is 12.1 Å². The van der Waals surface area contributed by atoms with Gasteiger partial charge in [0.05, 0.1) is 5.69 Å². The van der Waals surface area contributed by atoms with Crippen molar-refractivity contribution in [2.75, 3.05) is 0 Å². The Morgan fingerprint density at radius 3 is 2.44 bits per heavy atom. The number of hydrogen-bond donors (Lipinski definition) is 0. The van der Waals surface area contributed by atoms with Crippen LogP contribution in [0.1, 0.15) is 17.1 Å². The minimum absolute atomic E-state index is 0.255. The van der Waals surface area contributed by atoms with Crippen molar-refractivity contribution in [3.8, 4) is 0 Å². The van der Waals surface area contributed by atoms with Crippen LogP contribution in [0.4, 0.5) is 10.1 Å². The summed E-state index contributed by atoms with van der Waals surface area (Å²) in [6.07, 6.45) is 1.72. The molecule has 0 saturated carbocycles. The molecule has 2 aromatic rings. The van der Waals surface area contributed by atoms with E-state index in [0.29, 0.717) is 0 Å². The highest BCUT2D eigenvalue weighted by molar-refractivity contribution is 5.83. The number of nitrogens with zero attached hydrogens (tertiary/aromatic N) is 1. The number of aryl methyl sites for hydroxylation is 2. The van der Waals surface area contributed by atoms with Gasteiger partial charge in [0.25, 0.3) is 0 Å². The van der Waals surface area contributed by atoms with E-state index in [-0.39, 0.29) is 5.82 Å². The molecule has 0 aliphatic heterocycles. The zero-order chi connectivity index (χ0) is 11.5. The molecule has 0 atom stereocenters. The van der Waals surface area contributed by atoms with Crippen molar-refractivity contribution in [3.05, 3.63) is 53.2 Å². The van der Waals surface area contributed by atoms with Crippen LogP contribution in [0.5, 0.6) is 0 Å². The van der Waals surface area contributed by atoms with Crippen molar-refractivity contribution in [1.82, 2.24) is 0 Å². The van der Waals surface area contributed by atoms with E-state index in [1.807, 2.05) is 19.9 Å². The van der Waals surface area contributed by atoms with Gasteiger partial charge in [-0.05, 0) is 44.2 Å². The first-order valence-corrected chi connectivity index (χ1v) is 5.02. The zero-order valence-electron chi connectivity index (χ0n) is 9.20. The molecule has 2 rings (SSSR count). The van der Waals surface area contributed by atoms with Crippen LogP contribution in [0.15, 0.2) is 39.7 Å². The van der Waals surface area contributed by atoms with E-state index in [0.717, 1.165) is 22.8 Å². The first-order valence-electron chi connectivity index (χ1n) is 5.02. The average Bonchev–Trinajstić information content (AvgIpc) is 2.57. The summed E-state index contributed by atoms with van der Waals surface area (Å²) in [6, 6.07) is 7.96. The monoisotopic (exact) mass is 217 g/mol. The molecule has 16 heavy (non-hydrogen) atoms. The third-order valence-electron chi connectivity index (χ3n) is 2.26. The molecular formula is C13H12FNO. The van der Waals surface area contributed by atoms with Crippen LogP contribution in [0.2, 0.25) is 0 Å². The molecule has 2 nitrogen and oxygen atoms in total. The Balaban J connectivity index is 2.21. The van der Waals surface area contributed by atoms with Crippen molar-refractivity contribution < 1.29 is 8.81 Å². The quantitative estimate of drug-likeness (QED) is 0.703. The normalized spacial score (nSPS) is 11.2. The van der Waals surface area contributed by atoms with Gasteiger partial charge in [0.2, 0.25) is 0 Å². The Kier molecular flexibility index (Phi) is 2.86. The van der Waals surface area contributed by atoms with Gasteiger partial charge in [-0.3, -0.25) is 4.99 Å². The van der Waals surface area contributed by atoms with Gasteiger partial charge in [0, 0.05) is 11.8 Å². The largest absolute Gasteiger partial charge is 0.466 e. The molecule has 0 bridgehead atoms. The smallest absolute Gasteiger partial charge is 0.123 e. The van der Waals surface area contributed by atoms with Crippen molar-refractivity contribution in [3.63, 3.8) is 0 Å². The standard InChI is InChI=1S/C13H12FNO/c1-9-7-11(10(2)16-9)8-15-13-5-3-12(14)4-6-13/h3-8H,1-2H3. The summed E-state index contributed by atoms with van der Waals surface area (Å²) >= 11 is 0. The first kappa shape index (κ1) is 10.6. The number of benzene rings is 1.